The summed E-state index contributed by atoms with van der Waals surface area (Å²) in [6.07, 6.45) is 4.21. The van der Waals surface area contributed by atoms with Gasteiger partial charge in [-0.25, -0.2) is 4.98 Å². The summed E-state index contributed by atoms with van der Waals surface area (Å²) in [5.41, 5.74) is -0.700. The summed E-state index contributed by atoms with van der Waals surface area (Å²) in [7, 11) is 0. The van der Waals surface area contributed by atoms with Gasteiger partial charge in [-0.3, -0.25) is 4.99 Å². The molecule has 1 aromatic rings. The number of aliphatic imine (C=N–C) groups is 1. The van der Waals surface area contributed by atoms with Crippen molar-refractivity contribution in [2.75, 3.05) is 19.6 Å². The van der Waals surface area contributed by atoms with Crippen LogP contribution in [0.25, 0.3) is 0 Å². The summed E-state index contributed by atoms with van der Waals surface area (Å²) >= 11 is 1.73. The van der Waals surface area contributed by atoms with Crippen molar-refractivity contribution in [3.05, 3.63) is 16.1 Å². The van der Waals surface area contributed by atoms with Crippen LogP contribution in [0.15, 0.2) is 11.2 Å². The lowest BCUT2D eigenvalue weighted by Gasteiger charge is -2.23. The van der Waals surface area contributed by atoms with Crippen LogP contribution in [0.4, 0.5) is 0 Å². The van der Waals surface area contributed by atoms with Gasteiger partial charge in [0, 0.05) is 30.6 Å². The molecule has 0 saturated heterocycles. The van der Waals surface area contributed by atoms with E-state index in [1.165, 1.54) is 4.88 Å². The fourth-order valence-electron chi connectivity index (χ4n) is 1.85. The number of hydrogen-bond donors (Lipinski definition) is 3. The average Bonchev–Trinajstić information content (AvgIpc) is 2.90. The van der Waals surface area contributed by atoms with Crippen LogP contribution in [0, 0.1) is 6.92 Å². The van der Waals surface area contributed by atoms with Crippen LogP contribution in [-0.2, 0) is 6.42 Å². The van der Waals surface area contributed by atoms with Crippen LogP contribution < -0.4 is 10.6 Å². The normalized spacial score (nSPS) is 12.5. The van der Waals surface area contributed by atoms with Gasteiger partial charge < -0.3 is 15.7 Å². The van der Waals surface area contributed by atoms with Crippen molar-refractivity contribution >= 4 is 17.3 Å². The molecule has 0 fully saturated rings. The molecule has 0 aromatic carbocycles. The number of hydrogen-bond acceptors (Lipinski definition) is 4. The van der Waals surface area contributed by atoms with E-state index in [1.54, 1.807) is 11.3 Å². The largest absolute Gasteiger partial charge is 0.388 e. The zero-order valence-electron chi connectivity index (χ0n) is 13.6. The van der Waals surface area contributed by atoms with Gasteiger partial charge in [0.25, 0.3) is 0 Å². The Hall–Kier alpha value is -1.14. The predicted molar refractivity (Wildman–Crippen MR) is 90.1 cm³/mol. The summed E-state index contributed by atoms with van der Waals surface area (Å²) in [6, 6.07) is 0. The first-order valence-electron chi connectivity index (χ1n) is 7.68. The van der Waals surface area contributed by atoms with E-state index in [0.29, 0.717) is 19.4 Å². The molecule has 0 atom stereocenters. The van der Waals surface area contributed by atoms with Crippen molar-refractivity contribution < 1.29 is 5.11 Å². The molecule has 120 valence electrons. The Morgan fingerprint density at radius 3 is 2.57 bits per heavy atom. The summed E-state index contributed by atoms with van der Waals surface area (Å²) in [6.45, 7) is 10.1. The molecule has 1 aromatic heterocycles. The number of aryl methyl sites for hydroxylation is 1. The van der Waals surface area contributed by atoms with E-state index in [2.05, 4.69) is 27.5 Å². The molecule has 5 nitrogen and oxygen atoms in total. The lowest BCUT2D eigenvalue weighted by molar-refractivity contribution is 0.0418. The van der Waals surface area contributed by atoms with Gasteiger partial charge in [-0.1, -0.05) is 13.8 Å². The second-order valence-electron chi connectivity index (χ2n) is 5.17. The zero-order valence-corrected chi connectivity index (χ0v) is 14.4. The van der Waals surface area contributed by atoms with Crippen molar-refractivity contribution in [1.29, 1.82) is 0 Å². The van der Waals surface area contributed by atoms with Crippen LogP contribution in [0.1, 0.15) is 43.5 Å². The van der Waals surface area contributed by atoms with Gasteiger partial charge in [-0.05, 0) is 26.7 Å². The standard InChI is InChI=1S/C15H28N4OS/c1-5-15(20,6-2)11-19-14(16-7-3)17-9-8-13-18-10-12(4)21-13/h10,20H,5-9,11H2,1-4H3,(H2,16,17,19). The topological polar surface area (TPSA) is 69.5 Å². The van der Waals surface area contributed by atoms with Gasteiger partial charge in [-0.2, -0.15) is 0 Å². The fourth-order valence-corrected chi connectivity index (χ4v) is 2.63. The predicted octanol–water partition coefficient (Wildman–Crippen LogP) is 2.10. The van der Waals surface area contributed by atoms with Crippen molar-refractivity contribution in [3.63, 3.8) is 0 Å². The van der Waals surface area contributed by atoms with Gasteiger partial charge in [0.05, 0.1) is 17.2 Å². The van der Waals surface area contributed by atoms with E-state index in [1.807, 2.05) is 27.0 Å². The molecule has 0 aliphatic heterocycles. The molecular formula is C15H28N4OS. The Morgan fingerprint density at radius 1 is 1.33 bits per heavy atom. The maximum Gasteiger partial charge on any atom is 0.191 e. The quantitative estimate of drug-likeness (QED) is 0.508. The molecule has 0 saturated carbocycles. The lowest BCUT2D eigenvalue weighted by atomic mass is 9.98. The third kappa shape index (κ3) is 6.44. The Morgan fingerprint density at radius 2 is 2.05 bits per heavy atom. The van der Waals surface area contributed by atoms with E-state index in [9.17, 15) is 5.11 Å². The maximum atomic E-state index is 10.3. The van der Waals surface area contributed by atoms with Crippen LogP contribution in [0.5, 0.6) is 0 Å². The highest BCUT2D eigenvalue weighted by Gasteiger charge is 2.21. The lowest BCUT2D eigenvalue weighted by Crippen LogP contribution is -2.40. The Labute approximate surface area is 131 Å². The SMILES string of the molecule is CCNC(=NCC(O)(CC)CC)NCCc1ncc(C)s1. The third-order valence-electron chi connectivity index (χ3n) is 3.49. The van der Waals surface area contributed by atoms with Gasteiger partial charge in [-0.15, -0.1) is 11.3 Å². The number of guanidine groups is 1. The molecule has 3 N–H and O–H groups in total. The van der Waals surface area contributed by atoms with Gasteiger partial charge in [0.15, 0.2) is 5.96 Å². The number of nitrogens with zero attached hydrogens (tertiary/aromatic N) is 2. The van der Waals surface area contributed by atoms with Gasteiger partial charge in [0.1, 0.15) is 0 Å². The Balaban J connectivity index is 2.48. The van der Waals surface area contributed by atoms with Crippen molar-refractivity contribution in [2.45, 2.75) is 52.6 Å². The molecule has 0 radical (unpaired) electrons. The Kier molecular flexibility index (Phi) is 7.67. The highest BCUT2D eigenvalue weighted by molar-refractivity contribution is 7.11. The molecular weight excluding hydrogens is 284 g/mol. The number of aliphatic hydroxyl groups is 1. The van der Waals surface area contributed by atoms with Crippen molar-refractivity contribution in [2.24, 2.45) is 4.99 Å². The first kappa shape index (κ1) is 17.9. The molecule has 1 rings (SSSR count). The maximum absolute atomic E-state index is 10.3. The van der Waals surface area contributed by atoms with E-state index in [-0.39, 0.29) is 0 Å². The highest BCUT2D eigenvalue weighted by atomic mass is 32.1. The smallest absolute Gasteiger partial charge is 0.191 e. The molecule has 0 bridgehead atoms. The fraction of sp³-hybridized carbons (Fsp3) is 0.733. The molecule has 0 unspecified atom stereocenters. The molecule has 21 heavy (non-hydrogen) atoms. The van der Waals surface area contributed by atoms with Crippen LogP contribution in [0.2, 0.25) is 0 Å². The first-order valence-corrected chi connectivity index (χ1v) is 8.50. The van der Waals surface area contributed by atoms with E-state index >= 15 is 0 Å². The molecule has 0 aliphatic rings. The van der Waals surface area contributed by atoms with E-state index in [0.717, 1.165) is 30.5 Å². The molecule has 6 heteroatoms. The van der Waals surface area contributed by atoms with Gasteiger partial charge in [0.2, 0.25) is 0 Å². The molecule has 0 amide bonds. The third-order valence-corrected chi connectivity index (χ3v) is 4.46. The summed E-state index contributed by atoms with van der Waals surface area (Å²) < 4.78 is 0. The number of aromatic nitrogens is 1. The second kappa shape index (κ2) is 9.00. The highest BCUT2D eigenvalue weighted by Crippen LogP contribution is 2.14. The van der Waals surface area contributed by atoms with Crippen LogP contribution >= 0.6 is 11.3 Å². The molecule has 0 spiro atoms. The van der Waals surface area contributed by atoms with Gasteiger partial charge >= 0.3 is 0 Å². The van der Waals surface area contributed by atoms with Crippen LogP contribution in [-0.4, -0.2) is 41.3 Å². The monoisotopic (exact) mass is 312 g/mol. The van der Waals surface area contributed by atoms with Crippen LogP contribution in [0.3, 0.4) is 0 Å². The number of thiazole rings is 1. The second-order valence-corrected chi connectivity index (χ2v) is 6.49. The number of rotatable bonds is 8. The van der Waals surface area contributed by atoms with E-state index in [4.69, 9.17) is 0 Å². The Bertz CT molecular complexity index is 441. The minimum atomic E-state index is -0.700. The van der Waals surface area contributed by atoms with E-state index < -0.39 is 5.60 Å². The zero-order chi connectivity index (χ0) is 15.7. The average molecular weight is 312 g/mol. The summed E-state index contributed by atoms with van der Waals surface area (Å²) in [5.74, 6) is 0.756. The van der Waals surface area contributed by atoms with Crippen molar-refractivity contribution in [1.82, 2.24) is 15.6 Å². The minimum Gasteiger partial charge on any atom is -0.388 e. The minimum absolute atomic E-state index is 0.422. The number of nitrogens with one attached hydrogen (secondary N) is 2. The molecule has 1 heterocycles. The summed E-state index contributed by atoms with van der Waals surface area (Å²) in [5, 5.41) is 17.9. The molecule has 0 aliphatic carbocycles. The van der Waals surface area contributed by atoms with Crippen molar-refractivity contribution in [3.8, 4) is 0 Å². The first-order chi connectivity index (χ1) is 10.0. The summed E-state index contributed by atoms with van der Waals surface area (Å²) in [4.78, 5) is 10.1.